The molecule has 0 heterocycles. The summed E-state index contributed by atoms with van der Waals surface area (Å²) in [4.78, 5) is 23.7. The first kappa shape index (κ1) is 15.5. The van der Waals surface area contributed by atoms with E-state index in [9.17, 15) is 14.7 Å². The number of carbonyl (C=O) groups excluding carboxylic acids is 1. The Morgan fingerprint density at radius 2 is 1.71 bits per heavy atom. The van der Waals surface area contributed by atoms with Crippen molar-refractivity contribution in [1.82, 2.24) is 5.32 Å². The van der Waals surface area contributed by atoms with Crippen molar-refractivity contribution in [2.75, 3.05) is 0 Å². The standard InChI is InChI=1S/C17H23NO3/c1-10(2)14(11-8-6-5-7-9-11)18-15(19)12-13(16(20)21)17(12,3)4/h5-10,12-14H,1-4H3,(H,18,19)(H,20,21). The molecule has 0 aliphatic heterocycles. The highest BCUT2D eigenvalue weighted by Gasteiger charge is 2.66. The van der Waals surface area contributed by atoms with E-state index in [2.05, 4.69) is 5.32 Å². The molecule has 3 atom stereocenters. The highest BCUT2D eigenvalue weighted by Crippen LogP contribution is 2.58. The number of carboxylic acids is 1. The fourth-order valence-corrected chi connectivity index (χ4v) is 3.13. The van der Waals surface area contributed by atoms with E-state index in [0.29, 0.717) is 0 Å². The average Bonchev–Trinajstić information content (AvgIpc) is 2.99. The van der Waals surface area contributed by atoms with Gasteiger partial charge in [0.25, 0.3) is 0 Å². The van der Waals surface area contributed by atoms with Crippen LogP contribution in [-0.4, -0.2) is 17.0 Å². The van der Waals surface area contributed by atoms with Crippen LogP contribution in [0.15, 0.2) is 30.3 Å². The Balaban J connectivity index is 2.13. The summed E-state index contributed by atoms with van der Waals surface area (Å²) in [6.07, 6.45) is 0. The maximum Gasteiger partial charge on any atom is 0.307 e. The van der Waals surface area contributed by atoms with Gasteiger partial charge in [0.05, 0.1) is 17.9 Å². The minimum atomic E-state index is -0.888. The van der Waals surface area contributed by atoms with Crippen LogP contribution in [0.4, 0.5) is 0 Å². The maximum absolute atomic E-state index is 12.4. The third kappa shape index (κ3) is 2.94. The van der Waals surface area contributed by atoms with Crippen LogP contribution >= 0.6 is 0 Å². The Morgan fingerprint density at radius 1 is 1.14 bits per heavy atom. The molecule has 0 radical (unpaired) electrons. The van der Waals surface area contributed by atoms with E-state index < -0.39 is 23.2 Å². The predicted octanol–water partition coefficient (Wildman–Crippen LogP) is 2.86. The van der Waals surface area contributed by atoms with Gasteiger partial charge in [0.2, 0.25) is 5.91 Å². The fourth-order valence-electron chi connectivity index (χ4n) is 3.13. The third-order valence-electron chi connectivity index (χ3n) is 4.50. The Hall–Kier alpha value is -1.84. The molecule has 114 valence electrons. The van der Waals surface area contributed by atoms with E-state index in [-0.39, 0.29) is 17.9 Å². The van der Waals surface area contributed by atoms with Gasteiger partial charge in [0.15, 0.2) is 0 Å². The molecule has 1 saturated carbocycles. The molecule has 1 fully saturated rings. The van der Waals surface area contributed by atoms with E-state index in [1.807, 2.05) is 58.0 Å². The quantitative estimate of drug-likeness (QED) is 0.876. The Bertz CT molecular complexity index is 536. The molecular formula is C17H23NO3. The van der Waals surface area contributed by atoms with Crippen molar-refractivity contribution in [3.8, 4) is 0 Å². The highest BCUT2D eigenvalue weighted by molar-refractivity contribution is 5.91. The molecule has 0 aromatic heterocycles. The predicted molar refractivity (Wildman–Crippen MR) is 80.6 cm³/mol. The lowest BCUT2D eigenvalue weighted by molar-refractivity contribution is -0.140. The number of rotatable bonds is 5. The summed E-state index contributed by atoms with van der Waals surface area (Å²) >= 11 is 0. The van der Waals surface area contributed by atoms with E-state index in [4.69, 9.17) is 0 Å². The summed E-state index contributed by atoms with van der Waals surface area (Å²) in [5, 5.41) is 12.2. The van der Waals surface area contributed by atoms with Crippen LogP contribution in [0.25, 0.3) is 0 Å². The molecular weight excluding hydrogens is 266 g/mol. The molecule has 4 nitrogen and oxygen atoms in total. The molecule has 1 amide bonds. The summed E-state index contributed by atoms with van der Waals surface area (Å²) in [6, 6.07) is 9.70. The lowest BCUT2D eigenvalue weighted by Gasteiger charge is -2.23. The van der Waals surface area contributed by atoms with Gasteiger partial charge in [0, 0.05) is 0 Å². The van der Waals surface area contributed by atoms with Crippen LogP contribution in [0, 0.1) is 23.2 Å². The van der Waals surface area contributed by atoms with Crippen molar-refractivity contribution in [3.63, 3.8) is 0 Å². The average molecular weight is 289 g/mol. The number of nitrogens with one attached hydrogen (secondary N) is 1. The van der Waals surface area contributed by atoms with Crippen LogP contribution in [0.2, 0.25) is 0 Å². The summed E-state index contributed by atoms with van der Waals surface area (Å²) in [6.45, 7) is 7.77. The molecule has 21 heavy (non-hydrogen) atoms. The van der Waals surface area contributed by atoms with Crippen molar-refractivity contribution in [1.29, 1.82) is 0 Å². The second-order valence-corrected chi connectivity index (χ2v) is 6.76. The van der Waals surface area contributed by atoms with E-state index in [1.54, 1.807) is 0 Å². The minimum Gasteiger partial charge on any atom is -0.481 e. The van der Waals surface area contributed by atoms with Crippen LogP contribution in [0.1, 0.15) is 39.3 Å². The summed E-state index contributed by atoms with van der Waals surface area (Å²) in [7, 11) is 0. The molecule has 1 aromatic carbocycles. The number of hydrogen-bond donors (Lipinski definition) is 2. The Kier molecular flexibility index (Phi) is 4.08. The van der Waals surface area contributed by atoms with Crippen LogP contribution in [0.5, 0.6) is 0 Å². The first-order chi connectivity index (χ1) is 9.76. The summed E-state index contributed by atoms with van der Waals surface area (Å²) in [5.74, 6) is -1.83. The van der Waals surface area contributed by atoms with Crippen molar-refractivity contribution in [3.05, 3.63) is 35.9 Å². The molecule has 2 rings (SSSR count). The zero-order valence-corrected chi connectivity index (χ0v) is 13.0. The summed E-state index contributed by atoms with van der Waals surface area (Å²) < 4.78 is 0. The molecule has 1 aromatic rings. The van der Waals surface area contributed by atoms with Crippen molar-refractivity contribution >= 4 is 11.9 Å². The maximum atomic E-state index is 12.4. The molecule has 3 unspecified atom stereocenters. The van der Waals surface area contributed by atoms with Crippen molar-refractivity contribution < 1.29 is 14.7 Å². The lowest BCUT2D eigenvalue weighted by Crippen LogP contribution is -2.34. The van der Waals surface area contributed by atoms with E-state index in [1.165, 1.54) is 0 Å². The molecule has 0 saturated heterocycles. The van der Waals surface area contributed by atoms with Crippen LogP contribution < -0.4 is 5.32 Å². The molecule has 1 aliphatic rings. The number of carbonyl (C=O) groups is 2. The molecule has 0 bridgehead atoms. The third-order valence-corrected chi connectivity index (χ3v) is 4.50. The van der Waals surface area contributed by atoms with Gasteiger partial charge in [0.1, 0.15) is 0 Å². The van der Waals surface area contributed by atoms with Gasteiger partial charge in [-0.25, -0.2) is 0 Å². The Morgan fingerprint density at radius 3 is 2.14 bits per heavy atom. The number of amides is 1. The Labute approximate surface area is 125 Å². The molecule has 1 aliphatic carbocycles. The largest absolute Gasteiger partial charge is 0.481 e. The van der Waals surface area contributed by atoms with Gasteiger partial charge in [-0.15, -0.1) is 0 Å². The van der Waals surface area contributed by atoms with Gasteiger partial charge in [-0.3, -0.25) is 9.59 Å². The van der Waals surface area contributed by atoms with Crippen LogP contribution in [0.3, 0.4) is 0 Å². The first-order valence-corrected chi connectivity index (χ1v) is 7.35. The van der Waals surface area contributed by atoms with Gasteiger partial charge in [-0.05, 0) is 16.9 Å². The smallest absolute Gasteiger partial charge is 0.307 e. The monoisotopic (exact) mass is 289 g/mol. The van der Waals surface area contributed by atoms with Crippen LogP contribution in [-0.2, 0) is 9.59 Å². The van der Waals surface area contributed by atoms with Gasteiger partial charge in [-0.1, -0.05) is 58.0 Å². The zero-order chi connectivity index (χ0) is 15.8. The van der Waals surface area contributed by atoms with Gasteiger partial charge >= 0.3 is 5.97 Å². The number of carboxylic acid groups (broad SMARTS) is 1. The lowest BCUT2D eigenvalue weighted by atomic mass is 9.95. The normalized spacial score (nSPS) is 24.4. The second kappa shape index (κ2) is 5.51. The molecule has 0 spiro atoms. The summed E-state index contributed by atoms with van der Waals surface area (Å²) in [5.41, 5.74) is 0.583. The molecule has 2 N–H and O–H groups in total. The topological polar surface area (TPSA) is 66.4 Å². The number of aliphatic carboxylic acids is 1. The van der Waals surface area contributed by atoms with Gasteiger partial charge in [-0.2, -0.15) is 0 Å². The number of benzene rings is 1. The number of hydrogen-bond acceptors (Lipinski definition) is 2. The molecule has 4 heteroatoms. The second-order valence-electron chi connectivity index (χ2n) is 6.76. The SMILES string of the molecule is CC(C)C(NC(=O)C1C(C(=O)O)C1(C)C)c1ccccc1. The van der Waals surface area contributed by atoms with Crippen molar-refractivity contribution in [2.24, 2.45) is 23.2 Å². The van der Waals surface area contributed by atoms with Gasteiger partial charge < -0.3 is 10.4 Å². The minimum absolute atomic E-state index is 0.0930. The highest BCUT2D eigenvalue weighted by atomic mass is 16.4. The zero-order valence-electron chi connectivity index (χ0n) is 13.0. The fraction of sp³-hybridized carbons (Fsp3) is 0.529. The van der Waals surface area contributed by atoms with Crippen molar-refractivity contribution in [2.45, 2.75) is 33.7 Å². The van der Waals surface area contributed by atoms with E-state index >= 15 is 0 Å². The van der Waals surface area contributed by atoms with E-state index in [0.717, 1.165) is 5.56 Å². The first-order valence-electron chi connectivity index (χ1n) is 7.35.